The van der Waals surface area contributed by atoms with Gasteiger partial charge in [-0.25, -0.2) is 4.79 Å². The van der Waals surface area contributed by atoms with Crippen LogP contribution in [0.5, 0.6) is 0 Å². The zero-order valence-corrected chi connectivity index (χ0v) is 21.9. The Labute approximate surface area is 226 Å². The van der Waals surface area contributed by atoms with Crippen LogP contribution in [0.25, 0.3) is 10.9 Å². The van der Waals surface area contributed by atoms with Crippen molar-refractivity contribution in [2.24, 2.45) is 11.8 Å². The number of aromatic nitrogens is 1. The van der Waals surface area contributed by atoms with Crippen molar-refractivity contribution in [3.63, 3.8) is 0 Å². The molecule has 11 heteroatoms. The van der Waals surface area contributed by atoms with Gasteiger partial charge in [-0.05, 0) is 44.0 Å². The number of carbonyl (C=O) groups is 1. The van der Waals surface area contributed by atoms with Crippen molar-refractivity contribution >= 4 is 16.9 Å². The molecule has 3 aliphatic heterocycles. The number of nitrogens with one attached hydrogen (secondary N) is 2. The van der Waals surface area contributed by atoms with Gasteiger partial charge >= 0.3 is 5.97 Å². The third-order valence-electron chi connectivity index (χ3n) is 8.02. The van der Waals surface area contributed by atoms with Crippen molar-refractivity contribution in [2.75, 3.05) is 20.3 Å². The Hall–Kier alpha value is -2.77. The van der Waals surface area contributed by atoms with E-state index < -0.39 is 61.4 Å². The third kappa shape index (κ3) is 5.11. The molecule has 212 valence electrons. The number of esters is 1. The Kier molecular flexibility index (Phi) is 8.11. The molecule has 0 bridgehead atoms. The van der Waals surface area contributed by atoms with Crippen molar-refractivity contribution in [1.82, 2.24) is 10.3 Å². The number of fused-ring (bicyclic) bond motifs is 3. The highest BCUT2D eigenvalue weighted by Gasteiger charge is 2.48. The summed E-state index contributed by atoms with van der Waals surface area (Å²) in [5, 5.41) is 45.1. The topological polar surface area (TPSA) is 163 Å². The molecular formula is C28H36N2O9. The smallest absolute Gasteiger partial charge is 0.337 e. The van der Waals surface area contributed by atoms with Crippen LogP contribution in [0.4, 0.5) is 0 Å². The summed E-state index contributed by atoms with van der Waals surface area (Å²) in [4.78, 5) is 16.3. The zero-order chi connectivity index (χ0) is 27.8. The zero-order valence-electron chi connectivity index (χ0n) is 21.9. The average molecular weight is 545 g/mol. The van der Waals surface area contributed by atoms with E-state index in [1.54, 1.807) is 6.08 Å². The molecule has 0 spiro atoms. The predicted molar refractivity (Wildman–Crippen MR) is 139 cm³/mol. The molecule has 5 unspecified atom stereocenters. The lowest BCUT2D eigenvalue weighted by Gasteiger charge is -2.43. The Bertz CT molecular complexity index is 1240. The molecule has 6 N–H and O–H groups in total. The standard InChI is InChI=1S/C28H36N2O9/c1-4-14-16(10-20-22-15(7-8-29-20)17-9-13(2)5-6-19(17)30-22)18(26(35)36-3)12-37-27(14)39-28-25(34)24(33)23(32)21(11-31)38-28/h4-6,9,12,14,16,20-21,23-25,27-34H,1,7-8,10-11H2,2-3H3/t14-,16+,20+,21?,23?,24?,25?,27+,28?/m1/s1. The molecule has 0 radical (unpaired) electrons. The van der Waals surface area contributed by atoms with Gasteiger partial charge in [0, 0.05) is 34.5 Å². The monoisotopic (exact) mass is 544 g/mol. The molecular weight excluding hydrogens is 508 g/mol. The largest absolute Gasteiger partial charge is 0.471 e. The maximum Gasteiger partial charge on any atom is 0.337 e. The van der Waals surface area contributed by atoms with Gasteiger partial charge in [0.15, 0.2) is 6.29 Å². The van der Waals surface area contributed by atoms with E-state index in [1.807, 2.05) is 0 Å². The Morgan fingerprint density at radius 2 is 2.00 bits per heavy atom. The summed E-state index contributed by atoms with van der Waals surface area (Å²) in [5.41, 5.74) is 4.86. The molecule has 1 aromatic carbocycles. The summed E-state index contributed by atoms with van der Waals surface area (Å²) >= 11 is 0. The van der Waals surface area contributed by atoms with Gasteiger partial charge in [-0.1, -0.05) is 17.7 Å². The number of H-pyrrole nitrogens is 1. The second-order valence-corrected chi connectivity index (χ2v) is 10.4. The predicted octanol–water partition coefficient (Wildman–Crippen LogP) is 0.701. The summed E-state index contributed by atoms with van der Waals surface area (Å²) in [7, 11) is 1.30. The van der Waals surface area contributed by atoms with Crippen LogP contribution >= 0.6 is 0 Å². The van der Waals surface area contributed by atoms with Gasteiger partial charge in [0.25, 0.3) is 0 Å². The van der Waals surface area contributed by atoms with E-state index in [4.69, 9.17) is 18.9 Å². The second-order valence-electron chi connectivity index (χ2n) is 10.4. The van der Waals surface area contributed by atoms with E-state index in [-0.39, 0.29) is 6.04 Å². The minimum absolute atomic E-state index is 0.118. The van der Waals surface area contributed by atoms with Crippen LogP contribution in [-0.4, -0.2) is 88.6 Å². The first kappa shape index (κ1) is 27.8. The van der Waals surface area contributed by atoms with E-state index in [1.165, 1.54) is 29.9 Å². The third-order valence-corrected chi connectivity index (χ3v) is 8.02. The molecule has 3 aliphatic rings. The lowest BCUT2D eigenvalue weighted by Crippen LogP contribution is -2.60. The first-order valence-corrected chi connectivity index (χ1v) is 13.1. The Morgan fingerprint density at radius 3 is 2.72 bits per heavy atom. The van der Waals surface area contributed by atoms with Gasteiger partial charge in [-0.15, -0.1) is 6.58 Å². The number of carbonyl (C=O) groups excluding carboxylic acids is 1. The van der Waals surface area contributed by atoms with E-state index >= 15 is 0 Å². The maximum atomic E-state index is 12.8. The van der Waals surface area contributed by atoms with Crippen LogP contribution in [0.1, 0.15) is 29.3 Å². The minimum atomic E-state index is -1.60. The number of aromatic amines is 1. The Morgan fingerprint density at radius 1 is 1.21 bits per heavy atom. The van der Waals surface area contributed by atoms with Crippen molar-refractivity contribution in [2.45, 2.75) is 62.8 Å². The minimum Gasteiger partial charge on any atom is -0.471 e. The van der Waals surface area contributed by atoms with Crippen LogP contribution in [0.15, 0.2) is 42.7 Å². The normalized spacial score (nSPS) is 34.6. The molecule has 4 heterocycles. The van der Waals surface area contributed by atoms with Crippen LogP contribution in [-0.2, 0) is 30.2 Å². The first-order chi connectivity index (χ1) is 18.8. The maximum absolute atomic E-state index is 12.8. The molecule has 0 amide bonds. The van der Waals surface area contributed by atoms with E-state index in [0.29, 0.717) is 12.0 Å². The summed E-state index contributed by atoms with van der Waals surface area (Å²) < 4.78 is 22.3. The van der Waals surface area contributed by atoms with Crippen LogP contribution in [0, 0.1) is 18.8 Å². The van der Waals surface area contributed by atoms with Crippen molar-refractivity contribution in [3.8, 4) is 0 Å². The van der Waals surface area contributed by atoms with Gasteiger partial charge in [0.2, 0.25) is 6.29 Å². The number of aliphatic hydroxyl groups excluding tert-OH is 4. The number of ether oxygens (including phenoxy) is 4. The summed E-state index contributed by atoms with van der Waals surface area (Å²) in [6.07, 6.45) is -4.03. The number of aliphatic hydroxyl groups is 4. The number of hydrogen-bond donors (Lipinski definition) is 6. The average Bonchev–Trinajstić information content (AvgIpc) is 3.31. The lowest BCUT2D eigenvalue weighted by atomic mass is 9.78. The fourth-order valence-corrected chi connectivity index (χ4v) is 5.90. The molecule has 0 aliphatic carbocycles. The van der Waals surface area contributed by atoms with Gasteiger partial charge in [-0.2, -0.15) is 0 Å². The molecule has 5 rings (SSSR count). The highest BCUT2D eigenvalue weighted by Crippen LogP contribution is 2.42. The number of rotatable bonds is 7. The number of benzene rings is 1. The molecule has 2 aromatic rings. The number of hydrogen-bond acceptors (Lipinski definition) is 10. The van der Waals surface area contributed by atoms with Crippen LogP contribution in [0.3, 0.4) is 0 Å². The first-order valence-electron chi connectivity index (χ1n) is 13.1. The molecule has 39 heavy (non-hydrogen) atoms. The molecule has 11 nitrogen and oxygen atoms in total. The van der Waals surface area contributed by atoms with Crippen molar-refractivity contribution < 1.29 is 44.2 Å². The van der Waals surface area contributed by atoms with Crippen molar-refractivity contribution in [1.29, 1.82) is 0 Å². The van der Waals surface area contributed by atoms with Gasteiger partial charge in [0.05, 0.1) is 25.6 Å². The highest BCUT2D eigenvalue weighted by molar-refractivity contribution is 5.89. The van der Waals surface area contributed by atoms with Crippen molar-refractivity contribution in [3.05, 3.63) is 59.5 Å². The Balaban J connectivity index is 1.43. The number of methoxy groups -OCH3 is 1. The molecule has 0 saturated carbocycles. The molecule has 1 fully saturated rings. The molecule has 9 atom stereocenters. The van der Waals surface area contributed by atoms with E-state index in [0.717, 1.165) is 24.2 Å². The summed E-state index contributed by atoms with van der Waals surface area (Å²) in [6.45, 7) is 6.20. The SMILES string of the molecule is C=C[C@H]1[C@H](OC2OC(CO)C(O)C(O)C2O)OC=C(C(=O)OC)[C@H]1C[C@@H]1NCCc2c1[nH]c1ccc(C)cc21. The summed E-state index contributed by atoms with van der Waals surface area (Å²) in [6, 6.07) is 6.20. The van der Waals surface area contributed by atoms with Crippen LogP contribution in [0.2, 0.25) is 0 Å². The lowest BCUT2D eigenvalue weighted by molar-refractivity contribution is -0.339. The van der Waals surface area contributed by atoms with Gasteiger partial charge in [0.1, 0.15) is 24.4 Å². The fraction of sp³-hybridized carbons (Fsp3) is 0.536. The quantitative estimate of drug-likeness (QED) is 0.216. The number of aryl methyl sites for hydroxylation is 1. The second kappa shape index (κ2) is 11.4. The molecule has 1 aromatic heterocycles. The highest BCUT2D eigenvalue weighted by atomic mass is 16.8. The van der Waals surface area contributed by atoms with Gasteiger partial charge < -0.3 is 49.7 Å². The summed E-state index contributed by atoms with van der Waals surface area (Å²) in [5.74, 6) is -1.56. The fourth-order valence-electron chi connectivity index (χ4n) is 5.90. The van der Waals surface area contributed by atoms with E-state index in [2.05, 4.69) is 42.0 Å². The van der Waals surface area contributed by atoms with Gasteiger partial charge in [-0.3, -0.25) is 0 Å². The van der Waals surface area contributed by atoms with Crippen LogP contribution < -0.4 is 5.32 Å². The molecule has 1 saturated heterocycles. The van der Waals surface area contributed by atoms with E-state index in [9.17, 15) is 25.2 Å².